The Bertz CT molecular complexity index is 445. The van der Waals surface area contributed by atoms with E-state index in [4.69, 9.17) is 5.26 Å². The summed E-state index contributed by atoms with van der Waals surface area (Å²) in [5.41, 5.74) is 0.865. The van der Waals surface area contributed by atoms with Crippen molar-refractivity contribution in [1.82, 2.24) is 4.90 Å². The Morgan fingerprint density at radius 1 is 1.45 bits per heavy atom. The topological polar surface area (TPSA) is 64.3 Å². The predicted octanol–water partition coefficient (Wildman–Crippen LogP) is 2.22. The van der Waals surface area contributed by atoms with Crippen LogP contribution in [0.5, 0.6) is 0 Å². The van der Waals surface area contributed by atoms with Crippen molar-refractivity contribution < 1.29 is 9.90 Å². The van der Waals surface area contributed by atoms with Gasteiger partial charge in [0.15, 0.2) is 0 Å². The number of aliphatic hydroxyl groups is 1. The van der Waals surface area contributed by atoms with Gasteiger partial charge in [0, 0.05) is 18.8 Å². The van der Waals surface area contributed by atoms with Crippen molar-refractivity contribution in [3.8, 4) is 6.07 Å². The quantitative estimate of drug-likeness (QED) is 0.798. The SMILES string of the molecule is CCN(CCC#N)C(=O)CSCC(O)c1ccccc1. The van der Waals surface area contributed by atoms with Gasteiger partial charge in [0.2, 0.25) is 5.91 Å². The number of hydrogen-bond donors (Lipinski definition) is 1. The molecule has 0 aliphatic carbocycles. The zero-order chi connectivity index (χ0) is 14.8. The third kappa shape index (κ3) is 5.64. The van der Waals surface area contributed by atoms with E-state index < -0.39 is 6.10 Å². The van der Waals surface area contributed by atoms with Crippen LogP contribution in [0.15, 0.2) is 30.3 Å². The lowest BCUT2D eigenvalue weighted by Gasteiger charge is -2.19. The monoisotopic (exact) mass is 292 g/mol. The molecule has 1 amide bonds. The maximum Gasteiger partial charge on any atom is 0.232 e. The fourth-order valence-electron chi connectivity index (χ4n) is 1.76. The van der Waals surface area contributed by atoms with Crippen LogP contribution in [0.1, 0.15) is 25.0 Å². The molecular weight excluding hydrogens is 272 g/mol. The second-order valence-electron chi connectivity index (χ2n) is 4.32. The number of rotatable bonds is 8. The summed E-state index contributed by atoms with van der Waals surface area (Å²) < 4.78 is 0. The van der Waals surface area contributed by atoms with Crippen LogP contribution in [-0.4, -0.2) is 40.5 Å². The lowest BCUT2D eigenvalue weighted by molar-refractivity contribution is -0.128. The van der Waals surface area contributed by atoms with E-state index in [1.165, 1.54) is 11.8 Å². The average molecular weight is 292 g/mol. The van der Waals surface area contributed by atoms with E-state index in [1.54, 1.807) is 4.90 Å². The molecule has 1 aromatic rings. The van der Waals surface area contributed by atoms with Crippen molar-refractivity contribution in [2.45, 2.75) is 19.4 Å². The first kappa shape index (κ1) is 16.5. The second-order valence-corrected chi connectivity index (χ2v) is 5.35. The van der Waals surface area contributed by atoms with Crippen molar-refractivity contribution in [2.24, 2.45) is 0 Å². The van der Waals surface area contributed by atoms with Gasteiger partial charge in [0.05, 0.1) is 24.3 Å². The van der Waals surface area contributed by atoms with Crippen molar-refractivity contribution in [3.05, 3.63) is 35.9 Å². The maximum atomic E-state index is 11.9. The van der Waals surface area contributed by atoms with Crippen LogP contribution in [0.3, 0.4) is 0 Å². The highest BCUT2D eigenvalue weighted by atomic mass is 32.2. The molecule has 0 radical (unpaired) electrons. The van der Waals surface area contributed by atoms with E-state index in [-0.39, 0.29) is 5.91 Å². The minimum atomic E-state index is -0.553. The summed E-state index contributed by atoms with van der Waals surface area (Å²) in [6.45, 7) is 2.99. The molecule has 20 heavy (non-hydrogen) atoms. The molecule has 0 saturated carbocycles. The molecule has 0 saturated heterocycles. The van der Waals surface area contributed by atoms with Crippen LogP contribution in [0.25, 0.3) is 0 Å². The van der Waals surface area contributed by atoms with E-state index in [1.807, 2.05) is 43.3 Å². The van der Waals surface area contributed by atoms with Crippen LogP contribution in [-0.2, 0) is 4.79 Å². The summed E-state index contributed by atoms with van der Waals surface area (Å²) in [6, 6.07) is 11.5. The van der Waals surface area contributed by atoms with Crippen molar-refractivity contribution in [3.63, 3.8) is 0 Å². The Hall–Kier alpha value is -1.51. The molecule has 0 aliphatic heterocycles. The molecule has 0 spiro atoms. The van der Waals surface area contributed by atoms with Crippen LogP contribution in [0, 0.1) is 11.3 Å². The zero-order valence-electron chi connectivity index (χ0n) is 11.7. The molecule has 4 nitrogen and oxygen atoms in total. The van der Waals surface area contributed by atoms with Gasteiger partial charge < -0.3 is 10.0 Å². The van der Waals surface area contributed by atoms with E-state index in [0.29, 0.717) is 31.0 Å². The molecule has 1 aromatic carbocycles. The third-order valence-corrected chi connectivity index (χ3v) is 3.92. The van der Waals surface area contributed by atoms with Gasteiger partial charge in [-0.15, -0.1) is 11.8 Å². The normalized spacial score (nSPS) is 11.7. The molecule has 1 N–H and O–H groups in total. The Labute approximate surface area is 124 Å². The van der Waals surface area contributed by atoms with Gasteiger partial charge in [-0.1, -0.05) is 30.3 Å². The third-order valence-electron chi connectivity index (χ3n) is 2.91. The minimum absolute atomic E-state index is 0.0213. The van der Waals surface area contributed by atoms with E-state index >= 15 is 0 Å². The lowest BCUT2D eigenvalue weighted by Crippen LogP contribution is -2.33. The van der Waals surface area contributed by atoms with Crippen molar-refractivity contribution >= 4 is 17.7 Å². The van der Waals surface area contributed by atoms with E-state index in [9.17, 15) is 9.90 Å². The highest BCUT2D eigenvalue weighted by Crippen LogP contribution is 2.18. The highest BCUT2D eigenvalue weighted by molar-refractivity contribution is 7.99. The number of carbonyl (C=O) groups is 1. The Balaban J connectivity index is 2.32. The number of amides is 1. The summed E-state index contributed by atoms with van der Waals surface area (Å²) >= 11 is 1.42. The number of nitrogens with zero attached hydrogens (tertiary/aromatic N) is 2. The van der Waals surface area contributed by atoms with Crippen LogP contribution in [0.4, 0.5) is 0 Å². The van der Waals surface area contributed by atoms with Gasteiger partial charge in [0.25, 0.3) is 0 Å². The Morgan fingerprint density at radius 2 is 2.15 bits per heavy atom. The summed E-state index contributed by atoms with van der Waals surface area (Å²) in [4.78, 5) is 13.6. The molecule has 0 aliphatic rings. The van der Waals surface area contributed by atoms with Crippen LogP contribution >= 0.6 is 11.8 Å². The first-order chi connectivity index (χ1) is 9.69. The van der Waals surface area contributed by atoms with E-state index in [2.05, 4.69) is 0 Å². The number of aliphatic hydroxyl groups excluding tert-OH is 1. The molecule has 1 unspecified atom stereocenters. The number of carbonyl (C=O) groups excluding carboxylic acids is 1. The average Bonchev–Trinajstić information content (AvgIpc) is 2.48. The van der Waals surface area contributed by atoms with Crippen LogP contribution < -0.4 is 0 Å². The zero-order valence-corrected chi connectivity index (χ0v) is 12.5. The number of benzene rings is 1. The number of hydrogen-bond acceptors (Lipinski definition) is 4. The predicted molar refractivity (Wildman–Crippen MR) is 81.2 cm³/mol. The smallest absolute Gasteiger partial charge is 0.232 e. The maximum absolute atomic E-state index is 11.9. The largest absolute Gasteiger partial charge is 0.388 e. The molecule has 0 fully saturated rings. The number of nitriles is 1. The standard InChI is InChI=1S/C15H20N2O2S/c1-2-17(10-6-9-16)15(19)12-20-11-14(18)13-7-4-3-5-8-13/h3-5,7-8,14,18H,2,6,10-12H2,1H3. The molecule has 1 rings (SSSR count). The molecule has 0 bridgehead atoms. The molecule has 0 aromatic heterocycles. The molecule has 0 heterocycles. The first-order valence-corrected chi connectivity index (χ1v) is 7.80. The van der Waals surface area contributed by atoms with Gasteiger partial charge in [-0.05, 0) is 12.5 Å². The lowest BCUT2D eigenvalue weighted by atomic mass is 10.1. The second kappa shape index (κ2) is 9.40. The van der Waals surface area contributed by atoms with Crippen molar-refractivity contribution in [2.75, 3.05) is 24.6 Å². The summed E-state index contributed by atoms with van der Waals surface area (Å²) in [5, 5.41) is 18.5. The van der Waals surface area contributed by atoms with Crippen molar-refractivity contribution in [1.29, 1.82) is 5.26 Å². The Kier molecular flexibility index (Phi) is 7.78. The summed E-state index contributed by atoms with van der Waals surface area (Å²) in [7, 11) is 0. The van der Waals surface area contributed by atoms with Gasteiger partial charge >= 0.3 is 0 Å². The fraction of sp³-hybridized carbons (Fsp3) is 0.467. The van der Waals surface area contributed by atoms with E-state index in [0.717, 1.165) is 5.56 Å². The summed E-state index contributed by atoms with van der Waals surface area (Å²) in [5.74, 6) is 0.849. The highest BCUT2D eigenvalue weighted by Gasteiger charge is 2.13. The molecule has 1 atom stereocenters. The molecular formula is C15H20N2O2S. The summed E-state index contributed by atoms with van der Waals surface area (Å²) in [6.07, 6.45) is -0.195. The molecule has 5 heteroatoms. The fourth-order valence-corrected chi connectivity index (χ4v) is 2.66. The Morgan fingerprint density at radius 3 is 2.75 bits per heavy atom. The van der Waals surface area contributed by atoms with Crippen LogP contribution in [0.2, 0.25) is 0 Å². The first-order valence-electron chi connectivity index (χ1n) is 6.64. The van der Waals surface area contributed by atoms with Gasteiger partial charge in [0.1, 0.15) is 0 Å². The number of thioether (sulfide) groups is 1. The minimum Gasteiger partial charge on any atom is -0.388 e. The molecule has 108 valence electrons. The van der Waals surface area contributed by atoms with Gasteiger partial charge in [-0.2, -0.15) is 5.26 Å². The van der Waals surface area contributed by atoms with Gasteiger partial charge in [-0.25, -0.2) is 0 Å². The van der Waals surface area contributed by atoms with Gasteiger partial charge in [-0.3, -0.25) is 4.79 Å².